The van der Waals surface area contributed by atoms with Gasteiger partial charge in [-0.05, 0) is 30.5 Å². The fraction of sp³-hybridized carbons (Fsp3) is 0.500. The number of rotatable bonds is 3. The Bertz CT molecular complexity index is 462. The minimum absolute atomic E-state index is 0.540. The zero-order valence-corrected chi connectivity index (χ0v) is 11.1. The fourth-order valence-corrected chi connectivity index (χ4v) is 2.56. The number of piperidine rings is 1. The summed E-state index contributed by atoms with van der Waals surface area (Å²) in [6, 6.07) is 5.07. The van der Waals surface area contributed by atoms with E-state index in [1.54, 1.807) is 12.0 Å². The SMILES string of the molecule is COC1(c2ccc(C(F)(F)F)cc2)CCN(C=O)CC1. The highest BCUT2D eigenvalue weighted by Gasteiger charge is 2.37. The summed E-state index contributed by atoms with van der Waals surface area (Å²) >= 11 is 0. The lowest BCUT2D eigenvalue weighted by Gasteiger charge is -2.40. The molecule has 6 heteroatoms. The zero-order valence-electron chi connectivity index (χ0n) is 11.1. The van der Waals surface area contributed by atoms with Crippen LogP contribution in [-0.4, -0.2) is 31.5 Å². The molecule has 110 valence electrons. The van der Waals surface area contributed by atoms with Gasteiger partial charge >= 0.3 is 6.18 Å². The van der Waals surface area contributed by atoms with E-state index in [0.717, 1.165) is 24.1 Å². The van der Waals surface area contributed by atoms with Gasteiger partial charge in [-0.1, -0.05) is 12.1 Å². The second-order valence-electron chi connectivity index (χ2n) is 4.91. The van der Waals surface area contributed by atoms with Crippen LogP contribution in [0.5, 0.6) is 0 Å². The highest BCUT2D eigenvalue weighted by Crippen LogP contribution is 2.37. The number of halogens is 3. The molecule has 20 heavy (non-hydrogen) atoms. The third-order valence-electron chi connectivity index (χ3n) is 3.88. The van der Waals surface area contributed by atoms with Gasteiger partial charge < -0.3 is 9.64 Å². The molecule has 0 unspecified atom stereocenters. The van der Waals surface area contributed by atoms with E-state index in [4.69, 9.17) is 4.74 Å². The van der Waals surface area contributed by atoms with Crippen LogP contribution in [0.25, 0.3) is 0 Å². The van der Waals surface area contributed by atoms with Crippen LogP contribution in [0.3, 0.4) is 0 Å². The Kier molecular flexibility index (Phi) is 4.04. The van der Waals surface area contributed by atoms with E-state index in [1.165, 1.54) is 12.1 Å². The number of hydrogen-bond donors (Lipinski definition) is 0. The molecule has 2 rings (SSSR count). The van der Waals surface area contributed by atoms with Crippen molar-refractivity contribution in [3.05, 3.63) is 35.4 Å². The maximum Gasteiger partial charge on any atom is 0.416 e. The van der Waals surface area contributed by atoms with E-state index in [-0.39, 0.29) is 0 Å². The van der Waals surface area contributed by atoms with Crippen molar-refractivity contribution in [1.82, 2.24) is 4.90 Å². The molecular formula is C14H16F3NO2. The lowest BCUT2D eigenvalue weighted by atomic mass is 9.84. The van der Waals surface area contributed by atoms with E-state index in [1.807, 2.05) is 0 Å². The van der Waals surface area contributed by atoms with E-state index < -0.39 is 17.3 Å². The van der Waals surface area contributed by atoms with Gasteiger partial charge in [0, 0.05) is 20.2 Å². The first kappa shape index (κ1) is 14.8. The molecule has 1 fully saturated rings. The van der Waals surface area contributed by atoms with Crippen LogP contribution >= 0.6 is 0 Å². The van der Waals surface area contributed by atoms with E-state index in [0.29, 0.717) is 25.9 Å². The lowest BCUT2D eigenvalue weighted by molar-refractivity contribution is -0.137. The van der Waals surface area contributed by atoms with Crippen LogP contribution in [-0.2, 0) is 21.3 Å². The molecule has 1 aliphatic heterocycles. The number of hydrogen-bond acceptors (Lipinski definition) is 2. The molecule has 1 aliphatic rings. The summed E-state index contributed by atoms with van der Waals surface area (Å²) in [6.45, 7) is 1.08. The molecule has 0 saturated carbocycles. The standard InChI is InChI=1S/C14H16F3NO2/c1-20-13(6-8-18(10-19)9-7-13)11-2-4-12(5-3-11)14(15,16)17/h2-5,10H,6-9H2,1H3. The molecule has 1 saturated heterocycles. The summed E-state index contributed by atoms with van der Waals surface area (Å²) in [5.41, 5.74) is -0.555. The van der Waals surface area contributed by atoms with Gasteiger partial charge in [0.15, 0.2) is 0 Å². The maximum atomic E-state index is 12.6. The van der Waals surface area contributed by atoms with E-state index in [9.17, 15) is 18.0 Å². The first-order valence-electron chi connectivity index (χ1n) is 6.33. The topological polar surface area (TPSA) is 29.5 Å². The van der Waals surface area contributed by atoms with Gasteiger partial charge in [0.1, 0.15) is 0 Å². The summed E-state index contributed by atoms with van der Waals surface area (Å²) in [5.74, 6) is 0. The number of methoxy groups -OCH3 is 1. The molecule has 1 aromatic carbocycles. The first-order chi connectivity index (χ1) is 9.41. The Morgan fingerprint density at radius 1 is 1.20 bits per heavy atom. The quantitative estimate of drug-likeness (QED) is 0.800. The number of carbonyl (C=O) groups excluding carboxylic acids is 1. The van der Waals surface area contributed by atoms with Gasteiger partial charge in [-0.2, -0.15) is 13.2 Å². The normalized spacial score (nSPS) is 18.9. The van der Waals surface area contributed by atoms with Gasteiger partial charge in [0.05, 0.1) is 11.2 Å². The van der Waals surface area contributed by atoms with E-state index in [2.05, 4.69) is 0 Å². The second-order valence-corrected chi connectivity index (χ2v) is 4.91. The molecule has 0 bridgehead atoms. The van der Waals surface area contributed by atoms with Crippen molar-refractivity contribution in [2.75, 3.05) is 20.2 Å². The number of ether oxygens (including phenoxy) is 1. The van der Waals surface area contributed by atoms with Crippen molar-refractivity contribution in [3.8, 4) is 0 Å². The summed E-state index contributed by atoms with van der Waals surface area (Å²) in [6.07, 6.45) is -2.40. The number of carbonyl (C=O) groups is 1. The minimum atomic E-state index is -4.33. The van der Waals surface area contributed by atoms with Crippen LogP contribution < -0.4 is 0 Å². The van der Waals surface area contributed by atoms with Gasteiger partial charge in [-0.25, -0.2) is 0 Å². The van der Waals surface area contributed by atoms with Crippen molar-refractivity contribution in [2.24, 2.45) is 0 Å². The largest absolute Gasteiger partial charge is 0.416 e. The minimum Gasteiger partial charge on any atom is -0.373 e. The molecule has 0 aromatic heterocycles. The molecule has 0 aliphatic carbocycles. The van der Waals surface area contributed by atoms with E-state index >= 15 is 0 Å². The smallest absolute Gasteiger partial charge is 0.373 e. The number of alkyl halides is 3. The Morgan fingerprint density at radius 2 is 1.75 bits per heavy atom. The predicted molar refractivity (Wildman–Crippen MR) is 67.0 cm³/mol. The summed E-state index contributed by atoms with van der Waals surface area (Å²) in [4.78, 5) is 12.4. The lowest BCUT2D eigenvalue weighted by Crippen LogP contribution is -2.43. The predicted octanol–water partition coefficient (Wildman–Crippen LogP) is 2.80. The third kappa shape index (κ3) is 2.80. The Morgan fingerprint density at radius 3 is 2.15 bits per heavy atom. The first-order valence-corrected chi connectivity index (χ1v) is 6.33. The highest BCUT2D eigenvalue weighted by atomic mass is 19.4. The van der Waals surface area contributed by atoms with Gasteiger partial charge in [0.2, 0.25) is 6.41 Å². The summed E-state index contributed by atoms with van der Waals surface area (Å²) < 4.78 is 43.2. The number of amides is 1. The molecular weight excluding hydrogens is 271 g/mol. The van der Waals surface area contributed by atoms with Crippen LogP contribution in [0.15, 0.2) is 24.3 Å². The van der Waals surface area contributed by atoms with Crippen molar-refractivity contribution in [2.45, 2.75) is 24.6 Å². The number of likely N-dealkylation sites (tertiary alicyclic amines) is 1. The number of benzene rings is 1. The van der Waals surface area contributed by atoms with Crippen LogP contribution in [0, 0.1) is 0 Å². The third-order valence-corrected chi connectivity index (χ3v) is 3.88. The molecule has 1 heterocycles. The summed E-state index contributed by atoms with van der Waals surface area (Å²) in [7, 11) is 1.55. The number of nitrogens with zero attached hydrogens (tertiary/aromatic N) is 1. The monoisotopic (exact) mass is 287 g/mol. The van der Waals surface area contributed by atoms with Crippen LogP contribution in [0.2, 0.25) is 0 Å². The molecule has 0 atom stereocenters. The molecule has 0 spiro atoms. The second kappa shape index (κ2) is 5.44. The van der Waals surface area contributed by atoms with Crippen molar-refractivity contribution >= 4 is 6.41 Å². The Balaban J connectivity index is 2.22. The average molecular weight is 287 g/mol. The van der Waals surface area contributed by atoms with Crippen molar-refractivity contribution < 1.29 is 22.7 Å². The van der Waals surface area contributed by atoms with Crippen molar-refractivity contribution in [3.63, 3.8) is 0 Å². The van der Waals surface area contributed by atoms with Crippen LogP contribution in [0.1, 0.15) is 24.0 Å². The van der Waals surface area contributed by atoms with Gasteiger partial charge in [-0.15, -0.1) is 0 Å². The average Bonchev–Trinajstić information content (AvgIpc) is 2.46. The molecule has 1 aromatic rings. The molecule has 3 nitrogen and oxygen atoms in total. The van der Waals surface area contributed by atoms with Crippen molar-refractivity contribution in [1.29, 1.82) is 0 Å². The van der Waals surface area contributed by atoms with Crippen LogP contribution in [0.4, 0.5) is 13.2 Å². The van der Waals surface area contributed by atoms with Gasteiger partial charge in [-0.3, -0.25) is 4.79 Å². The molecule has 1 amide bonds. The molecule has 0 radical (unpaired) electrons. The fourth-order valence-electron chi connectivity index (χ4n) is 2.56. The summed E-state index contributed by atoms with van der Waals surface area (Å²) in [5, 5.41) is 0. The Hall–Kier alpha value is -1.56. The zero-order chi connectivity index (χ0) is 14.8. The maximum absolute atomic E-state index is 12.6. The molecule has 0 N–H and O–H groups in total. The Labute approximate surface area is 115 Å². The highest BCUT2D eigenvalue weighted by molar-refractivity contribution is 5.47. The van der Waals surface area contributed by atoms with Gasteiger partial charge in [0.25, 0.3) is 0 Å².